The Balaban J connectivity index is 1.90. The molecular formula is C19H22N2O5. The average Bonchev–Trinajstić information content (AvgIpc) is 2.65. The summed E-state index contributed by atoms with van der Waals surface area (Å²) in [6, 6.07) is 10.8. The minimum Gasteiger partial charge on any atom is -0.495 e. The molecule has 2 aromatic rings. The highest BCUT2D eigenvalue weighted by Crippen LogP contribution is 2.27. The Bertz CT molecular complexity index is 789. The van der Waals surface area contributed by atoms with E-state index in [9.17, 15) is 4.79 Å². The number of carbonyl (C=O) groups excluding carboxylic acids is 1. The van der Waals surface area contributed by atoms with Crippen LogP contribution in [0.3, 0.4) is 0 Å². The van der Waals surface area contributed by atoms with Gasteiger partial charge in [-0.1, -0.05) is 11.2 Å². The third kappa shape index (κ3) is 5.14. The second-order valence-electron chi connectivity index (χ2n) is 5.37. The minimum absolute atomic E-state index is 0.221. The number of carbonyl (C=O) groups is 1. The van der Waals surface area contributed by atoms with Gasteiger partial charge in [0.2, 0.25) is 0 Å². The summed E-state index contributed by atoms with van der Waals surface area (Å²) in [6.07, 6.45) is 1.49. The molecule has 1 amide bonds. The number of hydrogen-bond acceptors (Lipinski definition) is 6. The molecule has 0 atom stereocenters. The molecule has 0 unspecified atom stereocenters. The number of anilines is 1. The largest absolute Gasteiger partial charge is 0.495 e. The molecule has 0 aromatic heterocycles. The average molecular weight is 358 g/mol. The number of methoxy groups -OCH3 is 3. The van der Waals surface area contributed by atoms with Crippen molar-refractivity contribution in [2.24, 2.45) is 5.16 Å². The van der Waals surface area contributed by atoms with E-state index in [1.807, 2.05) is 19.1 Å². The molecular weight excluding hydrogens is 336 g/mol. The summed E-state index contributed by atoms with van der Waals surface area (Å²) in [5.74, 6) is 1.45. The number of nitrogens with zero attached hydrogens (tertiary/aromatic N) is 1. The fourth-order valence-electron chi connectivity index (χ4n) is 2.23. The first-order valence-electron chi connectivity index (χ1n) is 7.89. The summed E-state index contributed by atoms with van der Waals surface area (Å²) in [4.78, 5) is 17.0. The molecule has 0 heterocycles. The molecule has 0 saturated carbocycles. The molecule has 0 aliphatic rings. The zero-order chi connectivity index (χ0) is 18.9. The van der Waals surface area contributed by atoms with Crippen molar-refractivity contribution in [2.45, 2.75) is 6.92 Å². The van der Waals surface area contributed by atoms with Crippen molar-refractivity contribution < 1.29 is 23.8 Å². The van der Waals surface area contributed by atoms with E-state index < -0.39 is 0 Å². The molecule has 0 saturated heterocycles. The summed E-state index contributed by atoms with van der Waals surface area (Å²) in [5.41, 5.74) is 2.35. The first kappa shape index (κ1) is 19.1. The number of aryl methyl sites for hydroxylation is 1. The fourth-order valence-corrected chi connectivity index (χ4v) is 2.23. The molecule has 138 valence electrons. The number of oxime groups is 1. The van der Waals surface area contributed by atoms with Crippen LogP contribution in [0.15, 0.2) is 41.6 Å². The van der Waals surface area contributed by atoms with Crippen LogP contribution in [-0.4, -0.2) is 40.1 Å². The predicted octanol–water partition coefficient (Wildman–Crippen LogP) is 3.01. The Morgan fingerprint density at radius 1 is 1.00 bits per heavy atom. The number of ether oxygens (including phenoxy) is 3. The van der Waals surface area contributed by atoms with E-state index in [4.69, 9.17) is 19.0 Å². The Hall–Kier alpha value is -3.22. The van der Waals surface area contributed by atoms with E-state index in [2.05, 4.69) is 10.5 Å². The summed E-state index contributed by atoms with van der Waals surface area (Å²) in [5, 5.41) is 6.54. The Morgan fingerprint density at radius 2 is 1.69 bits per heavy atom. The number of benzene rings is 2. The van der Waals surface area contributed by atoms with E-state index in [1.54, 1.807) is 45.6 Å². The maximum Gasteiger partial charge on any atom is 0.265 e. The van der Waals surface area contributed by atoms with Gasteiger partial charge in [0.15, 0.2) is 18.1 Å². The maximum atomic E-state index is 12.0. The van der Waals surface area contributed by atoms with Crippen molar-refractivity contribution >= 4 is 17.8 Å². The van der Waals surface area contributed by atoms with Gasteiger partial charge in [-0.2, -0.15) is 0 Å². The molecule has 0 bridgehead atoms. The second-order valence-corrected chi connectivity index (χ2v) is 5.37. The Kier molecular flexibility index (Phi) is 6.84. The molecule has 0 radical (unpaired) electrons. The number of rotatable bonds is 8. The lowest BCUT2D eigenvalue weighted by Crippen LogP contribution is -2.17. The van der Waals surface area contributed by atoms with Crippen LogP contribution in [0.5, 0.6) is 17.2 Å². The summed E-state index contributed by atoms with van der Waals surface area (Å²) in [7, 11) is 4.67. The smallest absolute Gasteiger partial charge is 0.265 e. The van der Waals surface area contributed by atoms with Crippen LogP contribution in [0, 0.1) is 6.92 Å². The Morgan fingerprint density at radius 3 is 2.38 bits per heavy atom. The van der Waals surface area contributed by atoms with Crippen LogP contribution >= 0.6 is 0 Å². The van der Waals surface area contributed by atoms with Gasteiger partial charge in [-0.05, 0) is 42.8 Å². The van der Waals surface area contributed by atoms with Crippen molar-refractivity contribution in [1.29, 1.82) is 0 Å². The lowest BCUT2D eigenvalue weighted by Gasteiger charge is -2.10. The highest BCUT2D eigenvalue weighted by atomic mass is 16.6. The van der Waals surface area contributed by atoms with Gasteiger partial charge in [-0.3, -0.25) is 4.79 Å². The van der Waals surface area contributed by atoms with Crippen molar-refractivity contribution in [3.63, 3.8) is 0 Å². The van der Waals surface area contributed by atoms with Gasteiger partial charge in [0.25, 0.3) is 5.91 Å². The zero-order valence-electron chi connectivity index (χ0n) is 15.2. The molecule has 7 nitrogen and oxygen atoms in total. The van der Waals surface area contributed by atoms with Gasteiger partial charge in [0.05, 0.1) is 33.2 Å². The monoisotopic (exact) mass is 358 g/mol. The lowest BCUT2D eigenvalue weighted by atomic mass is 10.2. The maximum absolute atomic E-state index is 12.0. The number of nitrogens with one attached hydrogen (secondary N) is 1. The van der Waals surface area contributed by atoms with E-state index in [1.165, 1.54) is 6.21 Å². The minimum atomic E-state index is -0.335. The highest BCUT2D eigenvalue weighted by Gasteiger charge is 2.08. The third-order valence-electron chi connectivity index (χ3n) is 3.51. The molecule has 1 N–H and O–H groups in total. The van der Waals surface area contributed by atoms with Gasteiger partial charge in [0, 0.05) is 5.56 Å². The van der Waals surface area contributed by atoms with Crippen molar-refractivity contribution in [1.82, 2.24) is 0 Å². The summed E-state index contributed by atoms with van der Waals surface area (Å²) in [6.45, 7) is 1.71. The van der Waals surface area contributed by atoms with Crippen molar-refractivity contribution in [3.8, 4) is 17.2 Å². The summed E-state index contributed by atoms with van der Waals surface area (Å²) < 4.78 is 15.6. The molecule has 7 heteroatoms. The number of amides is 1. The molecule has 0 aliphatic heterocycles. The van der Waals surface area contributed by atoms with Gasteiger partial charge < -0.3 is 24.4 Å². The van der Waals surface area contributed by atoms with Crippen LogP contribution in [-0.2, 0) is 9.63 Å². The first-order valence-corrected chi connectivity index (χ1v) is 7.89. The van der Waals surface area contributed by atoms with Crippen LogP contribution in [0.25, 0.3) is 0 Å². The Labute approximate surface area is 152 Å². The van der Waals surface area contributed by atoms with Crippen LogP contribution in [0.1, 0.15) is 11.1 Å². The van der Waals surface area contributed by atoms with Crippen LogP contribution in [0.4, 0.5) is 5.69 Å². The summed E-state index contributed by atoms with van der Waals surface area (Å²) >= 11 is 0. The quantitative estimate of drug-likeness (QED) is 0.580. The SMILES string of the molecule is COc1ccc(C)cc1NC(=O)CO/N=C\c1ccc(OC)c(OC)c1. The van der Waals surface area contributed by atoms with Crippen molar-refractivity contribution in [2.75, 3.05) is 33.3 Å². The lowest BCUT2D eigenvalue weighted by molar-refractivity contribution is -0.120. The van der Waals surface area contributed by atoms with E-state index in [0.717, 1.165) is 11.1 Å². The highest BCUT2D eigenvalue weighted by molar-refractivity contribution is 5.93. The van der Waals surface area contributed by atoms with Gasteiger partial charge in [-0.15, -0.1) is 0 Å². The van der Waals surface area contributed by atoms with E-state index in [-0.39, 0.29) is 12.5 Å². The van der Waals surface area contributed by atoms with Crippen LogP contribution in [0.2, 0.25) is 0 Å². The number of hydrogen-bond donors (Lipinski definition) is 1. The molecule has 0 aliphatic carbocycles. The van der Waals surface area contributed by atoms with E-state index in [0.29, 0.717) is 22.9 Å². The molecule has 0 fully saturated rings. The fraction of sp³-hybridized carbons (Fsp3) is 0.263. The van der Waals surface area contributed by atoms with Gasteiger partial charge >= 0.3 is 0 Å². The normalized spacial score (nSPS) is 10.5. The zero-order valence-corrected chi connectivity index (χ0v) is 15.2. The molecule has 2 rings (SSSR count). The topological polar surface area (TPSA) is 78.4 Å². The van der Waals surface area contributed by atoms with Gasteiger partial charge in [0.1, 0.15) is 5.75 Å². The first-order chi connectivity index (χ1) is 12.6. The van der Waals surface area contributed by atoms with Crippen molar-refractivity contribution in [3.05, 3.63) is 47.5 Å². The molecule has 26 heavy (non-hydrogen) atoms. The predicted molar refractivity (Wildman–Crippen MR) is 99.5 cm³/mol. The van der Waals surface area contributed by atoms with Crippen LogP contribution < -0.4 is 19.5 Å². The second kappa shape index (κ2) is 9.31. The standard InChI is InChI=1S/C19H22N2O5/c1-13-5-7-16(23-2)15(9-13)21-19(22)12-26-20-11-14-6-8-17(24-3)18(10-14)25-4/h5-11H,12H2,1-4H3,(H,21,22)/b20-11-. The molecule has 0 spiro atoms. The van der Waals surface area contributed by atoms with E-state index >= 15 is 0 Å². The molecule has 2 aromatic carbocycles. The van der Waals surface area contributed by atoms with Gasteiger partial charge in [-0.25, -0.2) is 0 Å². The third-order valence-corrected chi connectivity index (χ3v) is 3.51.